The molecule has 1 unspecified atom stereocenters. The van der Waals surface area contributed by atoms with Gasteiger partial charge in [0.05, 0.1) is 5.75 Å². The Labute approximate surface area is 130 Å². The predicted octanol–water partition coefficient (Wildman–Crippen LogP) is 3.36. The maximum Gasteiger partial charge on any atom is 0.152 e. The van der Waals surface area contributed by atoms with Crippen molar-refractivity contribution in [2.45, 2.75) is 46.6 Å². The molecular weight excluding hydrogens is 282 g/mol. The van der Waals surface area contributed by atoms with Crippen LogP contribution in [0.2, 0.25) is 0 Å². The average Bonchev–Trinajstić information content (AvgIpc) is 2.38. The summed E-state index contributed by atoms with van der Waals surface area (Å²) in [4.78, 5) is 0. The Hall–Kier alpha value is -0.870. The molecule has 0 spiro atoms. The van der Waals surface area contributed by atoms with E-state index < -0.39 is 9.84 Å². The minimum atomic E-state index is -2.99. The molecule has 0 aliphatic rings. The molecule has 3 nitrogen and oxygen atoms in total. The molecule has 0 radical (unpaired) electrons. The van der Waals surface area contributed by atoms with Crippen LogP contribution in [-0.2, 0) is 16.3 Å². The first-order chi connectivity index (χ1) is 9.88. The van der Waals surface area contributed by atoms with Crippen LogP contribution >= 0.6 is 0 Å². The standard InChI is InChI=1S/C17H29NO2S/c1-5-11-21(19,20)13-17(18-6-2)16-9-7-15(8-10-16)12-14(3)4/h7-10,14,17-18H,5-6,11-13H2,1-4H3. The fourth-order valence-electron chi connectivity index (χ4n) is 2.53. The lowest BCUT2D eigenvalue weighted by Crippen LogP contribution is -2.29. The van der Waals surface area contributed by atoms with Gasteiger partial charge in [-0.2, -0.15) is 0 Å². The minimum absolute atomic E-state index is 0.111. The highest BCUT2D eigenvalue weighted by Gasteiger charge is 2.19. The molecule has 120 valence electrons. The van der Waals surface area contributed by atoms with Gasteiger partial charge in [0.15, 0.2) is 9.84 Å². The molecule has 0 aromatic heterocycles. The molecule has 1 aromatic carbocycles. The van der Waals surface area contributed by atoms with Gasteiger partial charge in [-0.25, -0.2) is 8.42 Å². The largest absolute Gasteiger partial charge is 0.309 e. The van der Waals surface area contributed by atoms with Crippen molar-refractivity contribution in [2.24, 2.45) is 5.92 Å². The van der Waals surface area contributed by atoms with Crippen LogP contribution in [0.3, 0.4) is 0 Å². The van der Waals surface area contributed by atoms with Crippen LogP contribution in [0.4, 0.5) is 0 Å². The molecule has 0 saturated heterocycles. The van der Waals surface area contributed by atoms with E-state index in [2.05, 4.69) is 43.4 Å². The Morgan fingerprint density at radius 1 is 1.10 bits per heavy atom. The summed E-state index contributed by atoms with van der Waals surface area (Å²) < 4.78 is 24.1. The van der Waals surface area contributed by atoms with Crippen molar-refractivity contribution in [3.63, 3.8) is 0 Å². The molecule has 0 bridgehead atoms. The van der Waals surface area contributed by atoms with Crippen LogP contribution in [0.1, 0.15) is 51.3 Å². The van der Waals surface area contributed by atoms with Gasteiger partial charge in [-0.1, -0.05) is 52.0 Å². The Balaban J connectivity index is 2.85. The quantitative estimate of drug-likeness (QED) is 0.760. The molecule has 0 aliphatic carbocycles. The summed E-state index contributed by atoms with van der Waals surface area (Å²) in [6.07, 6.45) is 1.73. The first-order valence-electron chi connectivity index (χ1n) is 7.90. The SMILES string of the molecule is CCCS(=O)(=O)CC(NCC)c1ccc(CC(C)C)cc1. The van der Waals surface area contributed by atoms with Crippen LogP contribution in [-0.4, -0.2) is 26.5 Å². The molecule has 21 heavy (non-hydrogen) atoms. The van der Waals surface area contributed by atoms with Gasteiger partial charge >= 0.3 is 0 Å². The summed E-state index contributed by atoms with van der Waals surface area (Å²) in [5, 5.41) is 3.29. The maximum atomic E-state index is 12.1. The van der Waals surface area contributed by atoms with Crippen molar-refractivity contribution < 1.29 is 8.42 Å². The van der Waals surface area contributed by atoms with Crippen LogP contribution < -0.4 is 5.32 Å². The monoisotopic (exact) mass is 311 g/mol. The molecule has 0 amide bonds. The summed E-state index contributed by atoms with van der Waals surface area (Å²) in [5.41, 5.74) is 2.37. The molecule has 0 saturated carbocycles. The van der Waals surface area contributed by atoms with Crippen LogP contribution in [0.5, 0.6) is 0 Å². The zero-order valence-corrected chi connectivity index (χ0v) is 14.5. The van der Waals surface area contributed by atoms with Gasteiger partial charge < -0.3 is 5.32 Å². The molecule has 0 fully saturated rings. The lowest BCUT2D eigenvalue weighted by molar-refractivity contribution is 0.558. The lowest BCUT2D eigenvalue weighted by Gasteiger charge is -2.19. The molecule has 0 heterocycles. The Bertz CT molecular complexity index is 506. The summed E-state index contributed by atoms with van der Waals surface area (Å²) in [6, 6.07) is 8.25. The summed E-state index contributed by atoms with van der Waals surface area (Å²) in [5.74, 6) is 1.07. The van der Waals surface area contributed by atoms with E-state index in [1.807, 2.05) is 13.8 Å². The van der Waals surface area contributed by atoms with E-state index in [1.54, 1.807) is 0 Å². The number of benzene rings is 1. The van der Waals surface area contributed by atoms with E-state index in [4.69, 9.17) is 0 Å². The van der Waals surface area contributed by atoms with Gasteiger partial charge in [-0.15, -0.1) is 0 Å². The van der Waals surface area contributed by atoms with Gasteiger partial charge in [-0.05, 0) is 36.4 Å². The van der Waals surface area contributed by atoms with Gasteiger partial charge in [0.2, 0.25) is 0 Å². The van der Waals surface area contributed by atoms with Gasteiger partial charge in [0, 0.05) is 11.8 Å². The highest BCUT2D eigenvalue weighted by molar-refractivity contribution is 7.91. The zero-order chi connectivity index (χ0) is 15.9. The van der Waals surface area contributed by atoms with Gasteiger partial charge in [0.25, 0.3) is 0 Å². The van der Waals surface area contributed by atoms with Crippen molar-refractivity contribution >= 4 is 9.84 Å². The molecule has 1 atom stereocenters. The lowest BCUT2D eigenvalue weighted by atomic mass is 10.00. The first kappa shape index (κ1) is 18.2. The summed E-state index contributed by atoms with van der Waals surface area (Å²) >= 11 is 0. The molecule has 4 heteroatoms. The van der Waals surface area contributed by atoms with Crippen molar-refractivity contribution in [1.82, 2.24) is 5.32 Å². The Morgan fingerprint density at radius 2 is 1.71 bits per heavy atom. The van der Waals surface area contributed by atoms with Gasteiger partial charge in [-0.3, -0.25) is 0 Å². The van der Waals surface area contributed by atoms with E-state index in [0.29, 0.717) is 12.3 Å². The number of hydrogen-bond acceptors (Lipinski definition) is 3. The maximum absolute atomic E-state index is 12.1. The van der Waals surface area contributed by atoms with Crippen molar-refractivity contribution in [3.05, 3.63) is 35.4 Å². The molecule has 1 rings (SSSR count). The van der Waals surface area contributed by atoms with E-state index >= 15 is 0 Å². The fraction of sp³-hybridized carbons (Fsp3) is 0.647. The second-order valence-corrected chi connectivity index (χ2v) is 8.29. The van der Waals surface area contributed by atoms with E-state index in [9.17, 15) is 8.42 Å². The smallest absolute Gasteiger partial charge is 0.152 e. The molecule has 0 aliphatic heterocycles. The average molecular weight is 311 g/mol. The molecule has 1 aromatic rings. The van der Waals surface area contributed by atoms with Crippen LogP contribution in [0.15, 0.2) is 24.3 Å². The van der Waals surface area contributed by atoms with E-state index in [-0.39, 0.29) is 17.5 Å². The molecule has 1 N–H and O–H groups in total. The highest BCUT2D eigenvalue weighted by atomic mass is 32.2. The second-order valence-electron chi connectivity index (χ2n) is 6.06. The second kappa shape index (κ2) is 8.54. The number of nitrogens with one attached hydrogen (secondary N) is 1. The first-order valence-corrected chi connectivity index (χ1v) is 9.72. The van der Waals surface area contributed by atoms with E-state index in [0.717, 1.165) is 18.5 Å². The third-order valence-corrected chi connectivity index (χ3v) is 5.28. The number of hydrogen-bond donors (Lipinski definition) is 1. The van der Waals surface area contributed by atoms with Crippen LogP contribution in [0.25, 0.3) is 0 Å². The minimum Gasteiger partial charge on any atom is -0.309 e. The van der Waals surface area contributed by atoms with Crippen molar-refractivity contribution in [1.29, 1.82) is 0 Å². The third-order valence-electron chi connectivity index (χ3n) is 3.41. The topological polar surface area (TPSA) is 46.2 Å². The number of sulfone groups is 1. The highest BCUT2D eigenvalue weighted by Crippen LogP contribution is 2.18. The Morgan fingerprint density at radius 3 is 2.19 bits per heavy atom. The summed E-state index contributed by atoms with van der Waals surface area (Å²) in [6.45, 7) is 9.08. The van der Waals surface area contributed by atoms with Crippen molar-refractivity contribution in [2.75, 3.05) is 18.1 Å². The Kier molecular flexibility index (Phi) is 7.40. The normalized spacial score (nSPS) is 13.6. The fourth-order valence-corrected chi connectivity index (χ4v) is 4.13. The predicted molar refractivity (Wildman–Crippen MR) is 90.3 cm³/mol. The van der Waals surface area contributed by atoms with Crippen molar-refractivity contribution in [3.8, 4) is 0 Å². The van der Waals surface area contributed by atoms with E-state index in [1.165, 1.54) is 5.56 Å². The third kappa shape index (κ3) is 6.62. The van der Waals surface area contributed by atoms with Gasteiger partial charge in [0.1, 0.15) is 0 Å². The van der Waals surface area contributed by atoms with Crippen LogP contribution in [0, 0.1) is 5.92 Å². The zero-order valence-electron chi connectivity index (χ0n) is 13.7. The number of rotatable bonds is 9. The molecular formula is C17H29NO2S. The summed E-state index contributed by atoms with van der Waals surface area (Å²) in [7, 11) is -2.99.